The number of H-pyrrole nitrogens is 1. The predicted octanol–water partition coefficient (Wildman–Crippen LogP) is -2.52. The number of rotatable bonds is 8. The van der Waals surface area contributed by atoms with Crippen LogP contribution >= 0.6 is 0 Å². The normalized spacial score (nSPS) is 12.8. The fraction of sp³-hybridized carbons (Fsp3) is 0.312. The van der Waals surface area contributed by atoms with Crippen molar-refractivity contribution in [1.82, 2.24) is 10.3 Å². The molecule has 0 unspecified atom stereocenters. The van der Waals surface area contributed by atoms with Crippen LogP contribution in [0.3, 0.4) is 0 Å². The van der Waals surface area contributed by atoms with Gasteiger partial charge in [-0.2, -0.15) is 0 Å². The molecule has 1 aromatic heterocycles. The quantitative estimate of drug-likeness (QED) is 0.335. The Balaban J connectivity index is 0.00000312. The SMILES string of the molecule is N[C@H](CCC(=O)N[C@H](Cc1c[nH]c2ccccc12)C(=O)O)C(=O)O.[Li+]. The van der Waals surface area contributed by atoms with Crippen molar-refractivity contribution < 1.29 is 43.5 Å². The van der Waals surface area contributed by atoms with Crippen molar-refractivity contribution in [3.05, 3.63) is 36.0 Å². The standard InChI is InChI=1S/C16H19N3O5.Li/c17-11(15(21)22)5-6-14(20)19-13(16(23)24)7-9-8-18-12-4-2-1-3-10(9)12;/h1-4,8,11,13,18H,5-7,17H2,(H,19,20)(H,21,22)(H,23,24);/q;+1/t11-,13-;/m1./s1. The average molecular weight is 340 g/mol. The van der Waals surface area contributed by atoms with Crippen LogP contribution in [-0.4, -0.2) is 45.1 Å². The molecule has 0 spiro atoms. The van der Waals surface area contributed by atoms with Gasteiger partial charge >= 0.3 is 30.8 Å². The topological polar surface area (TPSA) is 146 Å². The number of nitrogens with two attached hydrogens (primary N) is 1. The van der Waals surface area contributed by atoms with E-state index in [0.29, 0.717) is 0 Å². The fourth-order valence-corrected chi connectivity index (χ4v) is 2.40. The van der Waals surface area contributed by atoms with Crippen molar-refractivity contribution in [3.8, 4) is 0 Å². The van der Waals surface area contributed by atoms with Gasteiger partial charge in [-0.05, 0) is 18.1 Å². The van der Waals surface area contributed by atoms with Gasteiger partial charge < -0.3 is 26.2 Å². The molecule has 128 valence electrons. The van der Waals surface area contributed by atoms with E-state index in [4.69, 9.17) is 10.8 Å². The number of amides is 1. The minimum atomic E-state index is -1.20. The monoisotopic (exact) mass is 340 g/mol. The second-order valence-corrected chi connectivity index (χ2v) is 5.51. The van der Waals surface area contributed by atoms with Gasteiger partial charge in [0, 0.05) is 29.9 Å². The van der Waals surface area contributed by atoms with Gasteiger partial charge in [-0.25, -0.2) is 4.79 Å². The number of hydrogen-bond acceptors (Lipinski definition) is 4. The number of hydrogen-bond donors (Lipinski definition) is 5. The summed E-state index contributed by atoms with van der Waals surface area (Å²) in [5, 5.41) is 21.3. The van der Waals surface area contributed by atoms with E-state index in [1.54, 1.807) is 6.20 Å². The van der Waals surface area contributed by atoms with E-state index in [9.17, 15) is 19.5 Å². The number of carbonyl (C=O) groups excluding carboxylic acids is 1. The summed E-state index contributed by atoms with van der Waals surface area (Å²) in [5.41, 5.74) is 6.99. The number of aromatic nitrogens is 1. The second kappa shape index (κ2) is 9.27. The zero-order chi connectivity index (χ0) is 17.7. The number of fused-ring (bicyclic) bond motifs is 1. The molecule has 1 heterocycles. The first kappa shape index (κ1) is 20.8. The van der Waals surface area contributed by atoms with Crippen molar-refractivity contribution in [2.24, 2.45) is 5.73 Å². The van der Waals surface area contributed by atoms with Crippen molar-refractivity contribution in [2.75, 3.05) is 0 Å². The van der Waals surface area contributed by atoms with Gasteiger partial charge in [0.1, 0.15) is 12.1 Å². The fourth-order valence-electron chi connectivity index (χ4n) is 2.40. The average Bonchev–Trinajstić information content (AvgIpc) is 2.95. The van der Waals surface area contributed by atoms with Gasteiger partial charge in [0.25, 0.3) is 0 Å². The van der Waals surface area contributed by atoms with Crippen LogP contribution in [0, 0.1) is 0 Å². The first-order valence-electron chi connectivity index (χ1n) is 7.44. The Labute approximate surface area is 156 Å². The number of aliphatic carboxylic acids is 2. The van der Waals surface area contributed by atoms with Crippen molar-refractivity contribution in [1.29, 1.82) is 0 Å². The molecule has 0 radical (unpaired) electrons. The molecular weight excluding hydrogens is 321 g/mol. The van der Waals surface area contributed by atoms with Crippen molar-refractivity contribution in [3.63, 3.8) is 0 Å². The number of aromatic amines is 1. The number of carbonyl (C=O) groups is 3. The number of carboxylic acid groups (broad SMARTS) is 2. The summed E-state index contributed by atoms with van der Waals surface area (Å²) in [4.78, 5) is 36.9. The molecule has 0 aliphatic heterocycles. The Morgan fingerprint density at radius 1 is 1.16 bits per heavy atom. The van der Waals surface area contributed by atoms with E-state index in [0.717, 1.165) is 16.5 Å². The number of nitrogens with one attached hydrogen (secondary N) is 2. The zero-order valence-electron chi connectivity index (χ0n) is 13.9. The Morgan fingerprint density at radius 2 is 1.84 bits per heavy atom. The number of carboxylic acids is 2. The Morgan fingerprint density at radius 3 is 2.48 bits per heavy atom. The molecule has 0 saturated heterocycles. The molecule has 2 atom stereocenters. The maximum absolute atomic E-state index is 11.8. The molecule has 1 aromatic carbocycles. The Bertz CT molecular complexity index is 761. The molecule has 1 amide bonds. The van der Waals surface area contributed by atoms with Gasteiger partial charge in [0.2, 0.25) is 5.91 Å². The third-order valence-electron chi connectivity index (χ3n) is 3.73. The van der Waals surface area contributed by atoms with E-state index < -0.39 is 29.9 Å². The maximum Gasteiger partial charge on any atom is 1.00 e. The number of benzene rings is 1. The molecule has 0 bridgehead atoms. The first-order chi connectivity index (χ1) is 11.4. The minimum absolute atomic E-state index is 0. The van der Waals surface area contributed by atoms with Crippen LogP contribution in [0.5, 0.6) is 0 Å². The third-order valence-corrected chi connectivity index (χ3v) is 3.73. The molecule has 2 rings (SSSR count). The van der Waals surface area contributed by atoms with Crippen LogP contribution in [0.1, 0.15) is 18.4 Å². The predicted molar refractivity (Wildman–Crippen MR) is 86.4 cm³/mol. The van der Waals surface area contributed by atoms with Gasteiger partial charge in [0.05, 0.1) is 0 Å². The van der Waals surface area contributed by atoms with Crippen molar-refractivity contribution in [2.45, 2.75) is 31.3 Å². The van der Waals surface area contributed by atoms with Crippen molar-refractivity contribution >= 4 is 28.7 Å². The number of para-hydroxylation sites is 1. The van der Waals surface area contributed by atoms with E-state index in [1.165, 1.54) is 0 Å². The molecular formula is C16H19LiN3O5+. The summed E-state index contributed by atoms with van der Waals surface area (Å²) in [6, 6.07) is 5.21. The van der Waals surface area contributed by atoms with Crippen LogP contribution in [0.25, 0.3) is 10.9 Å². The third kappa shape index (κ3) is 5.64. The summed E-state index contributed by atoms with van der Waals surface area (Å²) >= 11 is 0. The van der Waals surface area contributed by atoms with Gasteiger partial charge in [-0.1, -0.05) is 18.2 Å². The van der Waals surface area contributed by atoms with E-state index in [1.807, 2.05) is 24.3 Å². The van der Waals surface area contributed by atoms with E-state index in [-0.39, 0.29) is 38.1 Å². The van der Waals surface area contributed by atoms with Gasteiger partial charge in [-0.3, -0.25) is 9.59 Å². The second-order valence-electron chi connectivity index (χ2n) is 5.51. The van der Waals surface area contributed by atoms with E-state index in [2.05, 4.69) is 10.3 Å². The maximum atomic E-state index is 11.8. The van der Waals surface area contributed by atoms with Crippen LogP contribution in [0.15, 0.2) is 30.5 Å². The summed E-state index contributed by atoms with van der Waals surface area (Å²) in [7, 11) is 0. The van der Waals surface area contributed by atoms with Crippen LogP contribution < -0.4 is 29.9 Å². The molecule has 0 aliphatic carbocycles. The zero-order valence-corrected chi connectivity index (χ0v) is 13.9. The molecule has 8 nitrogen and oxygen atoms in total. The van der Waals surface area contributed by atoms with Gasteiger partial charge in [-0.15, -0.1) is 0 Å². The minimum Gasteiger partial charge on any atom is -0.480 e. The summed E-state index contributed by atoms with van der Waals surface area (Å²) in [6.07, 6.45) is 1.63. The van der Waals surface area contributed by atoms with Crippen LogP contribution in [0.2, 0.25) is 0 Å². The summed E-state index contributed by atoms with van der Waals surface area (Å²) < 4.78 is 0. The Hall–Kier alpha value is -2.27. The first-order valence-corrected chi connectivity index (χ1v) is 7.44. The van der Waals surface area contributed by atoms with Gasteiger partial charge in [0.15, 0.2) is 0 Å². The smallest absolute Gasteiger partial charge is 0.480 e. The molecule has 6 N–H and O–H groups in total. The molecule has 0 fully saturated rings. The Kier molecular flexibility index (Phi) is 7.70. The van der Waals surface area contributed by atoms with Crippen LogP contribution in [-0.2, 0) is 20.8 Å². The molecule has 2 aromatic rings. The largest absolute Gasteiger partial charge is 1.00 e. The summed E-state index contributed by atoms with van der Waals surface area (Å²) in [6.45, 7) is 0. The summed E-state index contributed by atoms with van der Waals surface area (Å²) in [5.74, 6) is -2.90. The molecule has 9 heteroatoms. The van der Waals surface area contributed by atoms with E-state index >= 15 is 0 Å². The van der Waals surface area contributed by atoms with Crippen LogP contribution in [0.4, 0.5) is 0 Å². The molecule has 0 saturated carbocycles. The molecule has 25 heavy (non-hydrogen) atoms. The molecule has 0 aliphatic rings.